The zero-order valence-corrected chi connectivity index (χ0v) is 13.0. The summed E-state index contributed by atoms with van der Waals surface area (Å²) in [7, 11) is 0. The van der Waals surface area contributed by atoms with E-state index in [4.69, 9.17) is 5.11 Å². The molecular formula is C15H26N2O4. The average molecular weight is 298 g/mol. The Kier molecular flexibility index (Phi) is 6.65. The van der Waals surface area contributed by atoms with Crippen molar-refractivity contribution < 1.29 is 19.5 Å². The molecule has 1 aliphatic carbocycles. The van der Waals surface area contributed by atoms with E-state index in [1.54, 1.807) is 6.92 Å². The van der Waals surface area contributed by atoms with E-state index in [2.05, 4.69) is 24.5 Å². The van der Waals surface area contributed by atoms with Gasteiger partial charge in [0.1, 0.15) is 0 Å². The summed E-state index contributed by atoms with van der Waals surface area (Å²) < 4.78 is 0. The van der Waals surface area contributed by atoms with Crippen molar-refractivity contribution in [2.24, 2.45) is 17.8 Å². The fourth-order valence-corrected chi connectivity index (χ4v) is 3.15. The molecule has 1 saturated carbocycles. The molecule has 0 bridgehead atoms. The number of imide groups is 1. The number of nitrogens with one attached hydrogen (secondary N) is 2. The van der Waals surface area contributed by atoms with Gasteiger partial charge in [-0.25, -0.2) is 4.79 Å². The molecule has 6 heteroatoms. The van der Waals surface area contributed by atoms with E-state index in [1.165, 1.54) is 6.42 Å². The number of carbonyl (C=O) groups is 3. The van der Waals surface area contributed by atoms with Crippen LogP contribution >= 0.6 is 0 Å². The largest absolute Gasteiger partial charge is 0.481 e. The molecule has 3 amide bonds. The van der Waals surface area contributed by atoms with Crippen molar-refractivity contribution in [1.82, 2.24) is 10.6 Å². The lowest BCUT2D eigenvalue weighted by molar-refractivity contribution is -0.138. The number of carboxylic acid groups (broad SMARTS) is 1. The number of hydrogen-bond donors (Lipinski definition) is 3. The maximum Gasteiger partial charge on any atom is 0.321 e. The van der Waals surface area contributed by atoms with E-state index in [-0.39, 0.29) is 24.8 Å². The summed E-state index contributed by atoms with van der Waals surface area (Å²) in [5.74, 6) is -0.510. The Labute approximate surface area is 125 Å². The van der Waals surface area contributed by atoms with E-state index in [1.807, 2.05) is 0 Å². The Hall–Kier alpha value is -1.59. The average Bonchev–Trinajstić information content (AvgIpc) is 2.24. The second-order valence-corrected chi connectivity index (χ2v) is 6.54. The van der Waals surface area contributed by atoms with Crippen molar-refractivity contribution in [3.05, 3.63) is 0 Å². The molecule has 0 aromatic rings. The summed E-state index contributed by atoms with van der Waals surface area (Å²) in [6, 6.07) is -0.373. The Bertz CT molecular complexity index is 387. The van der Waals surface area contributed by atoms with Crippen molar-refractivity contribution in [3.8, 4) is 0 Å². The van der Waals surface area contributed by atoms with Gasteiger partial charge < -0.3 is 10.4 Å². The highest BCUT2D eigenvalue weighted by molar-refractivity contribution is 5.94. The van der Waals surface area contributed by atoms with Gasteiger partial charge in [-0.1, -0.05) is 20.8 Å². The van der Waals surface area contributed by atoms with Crippen LogP contribution in [0.3, 0.4) is 0 Å². The molecule has 6 nitrogen and oxygen atoms in total. The summed E-state index contributed by atoms with van der Waals surface area (Å²) in [5, 5.41) is 13.8. The Morgan fingerprint density at radius 2 is 1.67 bits per heavy atom. The molecule has 0 heterocycles. The summed E-state index contributed by atoms with van der Waals surface area (Å²) >= 11 is 0. The highest BCUT2D eigenvalue weighted by Gasteiger charge is 2.25. The summed E-state index contributed by atoms with van der Waals surface area (Å²) in [6.45, 7) is 6.01. The highest BCUT2D eigenvalue weighted by Crippen LogP contribution is 2.28. The van der Waals surface area contributed by atoms with Crippen LogP contribution in [0, 0.1) is 17.8 Å². The number of rotatable bonds is 5. The lowest BCUT2D eigenvalue weighted by atomic mass is 9.80. The van der Waals surface area contributed by atoms with Crippen molar-refractivity contribution in [2.75, 3.05) is 0 Å². The molecule has 0 aromatic carbocycles. The van der Waals surface area contributed by atoms with Crippen LogP contribution in [-0.2, 0) is 9.59 Å². The molecule has 21 heavy (non-hydrogen) atoms. The van der Waals surface area contributed by atoms with Gasteiger partial charge in [0.05, 0.1) is 0 Å². The summed E-state index contributed by atoms with van der Waals surface area (Å²) in [6.07, 6.45) is 3.00. The van der Waals surface area contributed by atoms with Gasteiger partial charge >= 0.3 is 12.0 Å². The van der Waals surface area contributed by atoms with Gasteiger partial charge in [0.2, 0.25) is 5.91 Å². The van der Waals surface area contributed by atoms with Gasteiger partial charge in [-0.3, -0.25) is 14.9 Å². The van der Waals surface area contributed by atoms with Crippen LogP contribution in [0.25, 0.3) is 0 Å². The van der Waals surface area contributed by atoms with Crippen LogP contribution in [0.4, 0.5) is 4.79 Å². The van der Waals surface area contributed by atoms with Gasteiger partial charge in [-0.2, -0.15) is 0 Å². The first-order valence-electron chi connectivity index (χ1n) is 7.58. The second kappa shape index (κ2) is 8.00. The van der Waals surface area contributed by atoms with Gasteiger partial charge in [0.15, 0.2) is 0 Å². The summed E-state index contributed by atoms with van der Waals surface area (Å²) in [5.41, 5.74) is 0. The van der Waals surface area contributed by atoms with Crippen molar-refractivity contribution in [2.45, 2.75) is 58.9 Å². The lowest BCUT2D eigenvalue weighted by Gasteiger charge is -2.31. The third-order valence-electron chi connectivity index (χ3n) is 3.82. The minimum Gasteiger partial charge on any atom is -0.481 e. The van der Waals surface area contributed by atoms with Crippen molar-refractivity contribution >= 4 is 17.9 Å². The van der Waals surface area contributed by atoms with Crippen LogP contribution in [0.5, 0.6) is 0 Å². The van der Waals surface area contributed by atoms with E-state index >= 15 is 0 Å². The predicted octanol–water partition coefficient (Wildman–Crippen LogP) is 2.14. The topological polar surface area (TPSA) is 95.5 Å². The number of amides is 3. The second-order valence-electron chi connectivity index (χ2n) is 6.54. The molecule has 1 fully saturated rings. The molecule has 3 atom stereocenters. The van der Waals surface area contributed by atoms with Crippen LogP contribution in [-0.4, -0.2) is 29.1 Å². The first-order chi connectivity index (χ1) is 9.76. The van der Waals surface area contributed by atoms with Crippen LogP contribution in [0.1, 0.15) is 52.9 Å². The first kappa shape index (κ1) is 17.5. The van der Waals surface area contributed by atoms with Crippen molar-refractivity contribution in [3.63, 3.8) is 0 Å². The lowest BCUT2D eigenvalue weighted by Crippen LogP contribution is -2.47. The zero-order valence-electron chi connectivity index (χ0n) is 13.0. The van der Waals surface area contributed by atoms with Gasteiger partial charge in [-0.05, 0) is 37.0 Å². The van der Waals surface area contributed by atoms with Crippen LogP contribution < -0.4 is 10.6 Å². The molecule has 0 saturated heterocycles. The third kappa shape index (κ3) is 7.11. The molecule has 0 aromatic heterocycles. The van der Waals surface area contributed by atoms with E-state index in [9.17, 15) is 14.4 Å². The SMILES string of the molecule is CC(CC(=O)O)CC(=O)NC(=O)NC1CC(C)CC(C)C1. The maximum atomic E-state index is 11.8. The van der Waals surface area contributed by atoms with Gasteiger partial charge in [0, 0.05) is 18.9 Å². The van der Waals surface area contributed by atoms with E-state index in [0.29, 0.717) is 11.8 Å². The molecule has 0 spiro atoms. The molecule has 3 N–H and O–H groups in total. The molecule has 3 unspecified atom stereocenters. The Morgan fingerprint density at radius 3 is 2.19 bits per heavy atom. The smallest absolute Gasteiger partial charge is 0.321 e. The van der Waals surface area contributed by atoms with Gasteiger partial charge in [-0.15, -0.1) is 0 Å². The highest BCUT2D eigenvalue weighted by atomic mass is 16.4. The normalized spacial score (nSPS) is 26.7. The Morgan fingerprint density at radius 1 is 1.10 bits per heavy atom. The third-order valence-corrected chi connectivity index (χ3v) is 3.82. The minimum atomic E-state index is -0.940. The molecular weight excluding hydrogens is 272 g/mol. The number of carbonyl (C=O) groups excluding carboxylic acids is 2. The zero-order chi connectivity index (χ0) is 16.0. The predicted molar refractivity (Wildman–Crippen MR) is 78.7 cm³/mol. The number of urea groups is 1. The fraction of sp³-hybridized carbons (Fsp3) is 0.800. The number of carboxylic acids is 1. The Balaban J connectivity index is 2.32. The molecule has 120 valence electrons. The van der Waals surface area contributed by atoms with Crippen LogP contribution in [0.15, 0.2) is 0 Å². The number of hydrogen-bond acceptors (Lipinski definition) is 3. The maximum absolute atomic E-state index is 11.8. The molecule has 1 aliphatic rings. The summed E-state index contributed by atoms with van der Waals surface area (Å²) in [4.78, 5) is 34.0. The van der Waals surface area contributed by atoms with Gasteiger partial charge in [0.25, 0.3) is 0 Å². The quantitative estimate of drug-likeness (QED) is 0.724. The van der Waals surface area contributed by atoms with Crippen molar-refractivity contribution in [1.29, 1.82) is 0 Å². The van der Waals surface area contributed by atoms with E-state index in [0.717, 1.165) is 12.8 Å². The monoisotopic (exact) mass is 298 g/mol. The minimum absolute atomic E-state index is 0.0389. The fourth-order valence-electron chi connectivity index (χ4n) is 3.15. The first-order valence-corrected chi connectivity index (χ1v) is 7.58. The molecule has 0 radical (unpaired) electrons. The molecule has 0 aliphatic heterocycles. The van der Waals surface area contributed by atoms with E-state index < -0.39 is 17.9 Å². The standard InChI is InChI=1S/C15H26N2O4/c1-9-4-10(2)6-12(5-9)16-15(21)17-13(18)7-11(3)8-14(19)20/h9-12H,4-8H2,1-3H3,(H,19,20)(H2,16,17,18,21). The molecule has 1 rings (SSSR count). The van der Waals surface area contributed by atoms with Crippen LogP contribution in [0.2, 0.25) is 0 Å². The number of aliphatic carboxylic acids is 1.